The van der Waals surface area contributed by atoms with Gasteiger partial charge in [-0.15, -0.1) is 0 Å². The Bertz CT molecular complexity index is 1330. The van der Waals surface area contributed by atoms with Gasteiger partial charge in [0, 0.05) is 6.42 Å². The number of amides is 1. The number of phosphoric acid groups is 1. The maximum absolute atomic E-state index is 12.9. The number of nitrogens with one attached hydrogen (secondary N) is 1. The minimum atomic E-state index is -4.60. The Morgan fingerprint density at radius 1 is 0.515 bits per heavy atom. The molecular formula is C59H109N2O6P. The average Bonchev–Trinajstić information content (AvgIpc) is 3.30. The zero-order valence-corrected chi connectivity index (χ0v) is 45.9. The summed E-state index contributed by atoms with van der Waals surface area (Å²) in [6.45, 7) is 4.53. The molecule has 3 atom stereocenters. The lowest BCUT2D eigenvalue weighted by atomic mass is 10.0. The Hall–Kier alpha value is -2.06. The molecule has 0 aromatic rings. The number of likely N-dealkylation sites (N-methyl/N-ethyl adjacent to an activating group) is 1. The molecule has 0 heterocycles. The maximum atomic E-state index is 12.9. The maximum Gasteiger partial charge on any atom is 0.268 e. The lowest BCUT2D eigenvalue weighted by molar-refractivity contribution is -0.870. The third-order valence-corrected chi connectivity index (χ3v) is 13.3. The highest BCUT2D eigenvalue weighted by atomic mass is 31.2. The van der Waals surface area contributed by atoms with Crippen molar-refractivity contribution in [3.63, 3.8) is 0 Å². The minimum absolute atomic E-state index is 0.0104. The van der Waals surface area contributed by atoms with Gasteiger partial charge in [0.05, 0.1) is 39.9 Å². The monoisotopic (exact) mass is 973 g/mol. The predicted octanol–water partition coefficient (Wildman–Crippen LogP) is 16.5. The SMILES string of the molecule is CCC/C=C/CC/C=C/CC/C=C/C(O)C(COP(=O)([O-])OCC[N+](C)(C)C)NC(=O)CCCCCCCCCCCCCCCCCCCCCC/C=C\C/C=C\C/C=C\CCCCCCC. The molecule has 0 spiro atoms. The van der Waals surface area contributed by atoms with Crippen LogP contribution in [0.3, 0.4) is 0 Å². The largest absolute Gasteiger partial charge is 0.756 e. The zero-order chi connectivity index (χ0) is 49.9. The molecule has 0 aliphatic carbocycles. The quantitative estimate of drug-likeness (QED) is 0.0272. The third-order valence-electron chi connectivity index (χ3n) is 12.3. The van der Waals surface area contributed by atoms with Crippen LogP contribution in [0.2, 0.25) is 0 Å². The van der Waals surface area contributed by atoms with Crippen LogP contribution in [0.1, 0.15) is 245 Å². The molecule has 0 aromatic heterocycles. The van der Waals surface area contributed by atoms with Crippen molar-refractivity contribution in [1.29, 1.82) is 0 Å². The molecule has 0 saturated carbocycles. The Morgan fingerprint density at radius 2 is 0.897 bits per heavy atom. The van der Waals surface area contributed by atoms with Crippen LogP contribution in [-0.4, -0.2) is 68.5 Å². The summed E-state index contributed by atoms with van der Waals surface area (Å²) in [4.78, 5) is 25.4. The summed E-state index contributed by atoms with van der Waals surface area (Å²) in [6, 6.07) is -0.910. The summed E-state index contributed by atoms with van der Waals surface area (Å²) >= 11 is 0. The standard InChI is InChI=1S/C59H109N2O6P/c1-6-8-10-12-14-16-18-19-20-21-22-23-24-25-26-27-28-29-30-31-32-33-34-35-36-37-38-39-40-41-43-45-47-49-51-53-59(63)60-57(56-67-68(64,65)66-55-54-61(3,4)5)58(62)52-50-48-46-44-42-17-15-13-11-9-7-2/h11,13,18-19,21-22,24-25,42,44,50,52,57-58,62H,6-10,12,14-17,20,23,26-41,43,45-49,51,53-56H2,1-5H3,(H-,60,63,64,65)/b13-11+,19-18-,22-21-,25-24-,44-42+,52-50+. The smallest absolute Gasteiger partial charge is 0.268 e. The molecule has 396 valence electrons. The number of carbonyl (C=O) groups excluding carboxylic acids is 1. The van der Waals surface area contributed by atoms with Gasteiger partial charge in [0.25, 0.3) is 7.82 Å². The van der Waals surface area contributed by atoms with E-state index < -0.39 is 26.6 Å². The van der Waals surface area contributed by atoms with Crippen LogP contribution in [0.4, 0.5) is 0 Å². The molecule has 0 aliphatic heterocycles. The number of aliphatic hydroxyl groups is 1. The lowest BCUT2D eigenvalue weighted by Gasteiger charge is -2.29. The first-order chi connectivity index (χ1) is 33.0. The first kappa shape index (κ1) is 65.9. The number of unbranched alkanes of at least 4 members (excludes halogenated alkanes) is 28. The highest BCUT2D eigenvalue weighted by Gasteiger charge is 2.23. The van der Waals surface area contributed by atoms with Crippen LogP contribution in [0.25, 0.3) is 0 Å². The summed E-state index contributed by atoms with van der Waals surface area (Å²) in [5.74, 6) is -0.213. The van der Waals surface area contributed by atoms with Gasteiger partial charge in [-0.1, -0.05) is 234 Å². The Morgan fingerprint density at radius 3 is 1.34 bits per heavy atom. The molecular weight excluding hydrogens is 864 g/mol. The van der Waals surface area contributed by atoms with Crippen LogP contribution >= 0.6 is 7.82 Å². The van der Waals surface area contributed by atoms with E-state index in [1.54, 1.807) is 6.08 Å². The fraction of sp³-hybridized carbons (Fsp3) is 0.780. The Labute approximate surface area is 421 Å². The lowest BCUT2D eigenvalue weighted by Crippen LogP contribution is -2.45. The second-order valence-corrected chi connectivity index (χ2v) is 21.7. The van der Waals surface area contributed by atoms with E-state index in [4.69, 9.17) is 9.05 Å². The molecule has 1 amide bonds. The molecule has 68 heavy (non-hydrogen) atoms. The van der Waals surface area contributed by atoms with Crippen molar-refractivity contribution < 1.29 is 32.9 Å². The highest BCUT2D eigenvalue weighted by molar-refractivity contribution is 7.45. The van der Waals surface area contributed by atoms with Gasteiger partial charge in [-0.3, -0.25) is 9.36 Å². The van der Waals surface area contributed by atoms with Crippen molar-refractivity contribution in [2.24, 2.45) is 0 Å². The molecule has 2 N–H and O–H groups in total. The first-order valence-corrected chi connectivity index (χ1v) is 29.8. The van der Waals surface area contributed by atoms with E-state index in [0.717, 1.165) is 64.2 Å². The van der Waals surface area contributed by atoms with Crippen molar-refractivity contribution in [3.8, 4) is 0 Å². The van der Waals surface area contributed by atoms with Crippen LogP contribution in [0, 0.1) is 0 Å². The van der Waals surface area contributed by atoms with Crippen LogP contribution < -0.4 is 10.2 Å². The number of quaternary nitrogens is 1. The summed E-state index contributed by atoms with van der Waals surface area (Å²) in [5, 5.41) is 13.8. The molecule has 0 radical (unpaired) electrons. The highest BCUT2D eigenvalue weighted by Crippen LogP contribution is 2.38. The van der Waals surface area contributed by atoms with E-state index in [1.165, 1.54) is 161 Å². The van der Waals surface area contributed by atoms with Gasteiger partial charge >= 0.3 is 0 Å². The molecule has 0 bridgehead atoms. The molecule has 0 aromatic carbocycles. The van der Waals surface area contributed by atoms with Crippen molar-refractivity contribution in [1.82, 2.24) is 5.32 Å². The third kappa shape index (κ3) is 51.8. The first-order valence-electron chi connectivity index (χ1n) is 28.3. The molecule has 9 heteroatoms. The van der Waals surface area contributed by atoms with Gasteiger partial charge < -0.3 is 28.8 Å². The van der Waals surface area contributed by atoms with Crippen LogP contribution in [-0.2, 0) is 18.4 Å². The zero-order valence-electron chi connectivity index (χ0n) is 45.0. The summed E-state index contributed by atoms with van der Waals surface area (Å²) in [5.41, 5.74) is 0. The second kappa shape index (κ2) is 49.9. The normalized spacial score (nSPS) is 14.5. The number of allylic oxidation sites excluding steroid dienone is 11. The van der Waals surface area contributed by atoms with Crippen molar-refractivity contribution in [2.75, 3.05) is 40.9 Å². The number of nitrogens with zero attached hydrogens (tertiary/aromatic N) is 1. The molecule has 0 saturated heterocycles. The topological polar surface area (TPSA) is 108 Å². The van der Waals surface area contributed by atoms with Crippen molar-refractivity contribution in [2.45, 2.75) is 257 Å². The van der Waals surface area contributed by atoms with Crippen molar-refractivity contribution in [3.05, 3.63) is 72.9 Å². The molecule has 0 aliphatic rings. The Kier molecular flexibility index (Phi) is 48.4. The Balaban J connectivity index is 3.97. The van der Waals surface area contributed by atoms with Gasteiger partial charge in [-0.05, 0) is 77.0 Å². The second-order valence-electron chi connectivity index (χ2n) is 20.3. The number of hydrogen-bond acceptors (Lipinski definition) is 6. The van der Waals surface area contributed by atoms with Gasteiger partial charge in [0.2, 0.25) is 5.91 Å². The molecule has 0 rings (SSSR count). The number of hydrogen-bond donors (Lipinski definition) is 2. The van der Waals surface area contributed by atoms with E-state index in [9.17, 15) is 19.4 Å². The number of carbonyl (C=O) groups is 1. The molecule has 8 nitrogen and oxygen atoms in total. The fourth-order valence-corrected chi connectivity index (χ4v) is 8.63. The van der Waals surface area contributed by atoms with E-state index in [-0.39, 0.29) is 12.5 Å². The van der Waals surface area contributed by atoms with Crippen molar-refractivity contribution >= 4 is 13.7 Å². The number of rotatable bonds is 51. The van der Waals surface area contributed by atoms with E-state index in [2.05, 4.69) is 79.9 Å². The summed E-state index contributed by atoms with van der Waals surface area (Å²) in [6.07, 6.45) is 68.7. The van der Waals surface area contributed by atoms with Gasteiger partial charge in [-0.2, -0.15) is 0 Å². The fourth-order valence-electron chi connectivity index (χ4n) is 7.91. The molecule has 3 unspecified atom stereocenters. The van der Waals surface area contributed by atoms with Gasteiger partial charge in [0.15, 0.2) is 0 Å². The van der Waals surface area contributed by atoms with E-state index >= 15 is 0 Å². The van der Waals surface area contributed by atoms with Gasteiger partial charge in [0.1, 0.15) is 13.2 Å². The predicted molar refractivity (Wildman–Crippen MR) is 293 cm³/mol. The number of aliphatic hydroxyl groups excluding tert-OH is 1. The van der Waals surface area contributed by atoms with E-state index in [1.807, 2.05) is 27.2 Å². The summed E-state index contributed by atoms with van der Waals surface area (Å²) in [7, 11) is 1.23. The van der Waals surface area contributed by atoms with Crippen LogP contribution in [0.5, 0.6) is 0 Å². The number of phosphoric ester groups is 1. The van der Waals surface area contributed by atoms with Crippen LogP contribution in [0.15, 0.2) is 72.9 Å². The average molecular weight is 974 g/mol. The molecule has 0 fully saturated rings. The van der Waals surface area contributed by atoms with Gasteiger partial charge in [-0.25, -0.2) is 0 Å². The minimum Gasteiger partial charge on any atom is -0.756 e. The van der Waals surface area contributed by atoms with E-state index in [0.29, 0.717) is 17.4 Å². The summed E-state index contributed by atoms with van der Waals surface area (Å²) < 4.78 is 23.2.